The molecule has 0 unspecified atom stereocenters. The molecule has 0 atom stereocenters. The molecule has 20 heavy (non-hydrogen) atoms. The normalized spacial score (nSPS) is 20.2. The van der Waals surface area contributed by atoms with Crippen molar-refractivity contribution in [1.82, 2.24) is 9.88 Å². The number of aromatic nitrogens is 1. The summed E-state index contributed by atoms with van der Waals surface area (Å²) in [6.45, 7) is 5.66. The van der Waals surface area contributed by atoms with E-state index in [1.807, 2.05) is 0 Å². The number of hydrogen-bond donors (Lipinski definition) is 0. The molecule has 1 aromatic rings. The maximum absolute atomic E-state index is 10.5. The quantitative estimate of drug-likeness (QED) is 0.440. The van der Waals surface area contributed by atoms with Crippen LogP contribution in [0, 0.1) is 15.5 Å². The standard InChI is InChI=1S/C13H17N3O4/c17-16(18)11-2-3-12(14-6-11)20-5-1-4-15-7-13(8-15)9-19-10-13/h2-3,6H,1,4-5,7-10H2. The maximum atomic E-state index is 10.5. The van der Waals surface area contributed by atoms with Crippen molar-refractivity contribution in [2.75, 3.05) is 39.5 Å². The zero-order valence-electron chi connectivity index (χ0n) is 11.2. The predicted octanol–water partition coefficient (Wildman–Crippen LogP) is 1.09. The van der Waals surface area contributed by atoms with Crippen LogP contribution in [0.5, 0.6) is 5.88 Å². The Hall–Kier alpha value is -1.73. The molecule has 2 fully saturated rings. The van der Waals surface area contributed by atoms with Crippen LogP contribution in [0.1, 0.15) is 6.42 Å². The second-order valence-electron chi connectivity index (χ2n) is 5.52. The molecule has 2 aliphatic heterocycles. The lowest BCUT2D eigenvalue weighted by atomic mass is 9.78. The molecule has 0 saturated carbocycles. The molecule has 0 aliphatic carbocycles. The van der Waals surface area contributed by atoms with Gasteiger partial charge in [0, 0.05) is 37.2 Å². The molecule has 3 heterocycles. The van der Waals surface area contributed by atoms with Crippen molar-refractivity contribution < 1.29 is 14.4 Å². The summed E-state index contributed by atoms with van der Waals surface area (Å²) < 4.78 is 10.7. The van der Waals surface area contributed by atoms with E-state index in [9.17, 15) is 10.1 Å². The molecule has 7 nitrogen and oxygen atoms in total. The smallest absolute Gasteiger partial charge is 0.287 e. The Kier molecular flexibility index (Phi) is 3.54. The third-order valence-corrected chi connectivity index (χ3v) is 3.73. The van der Waals surface area contributed by atoms with Crippen molar-refractivity contribution in [3.63, 3.8) is 0 Å². The number of pyridine rings is 1. The highest BCUT2D eigenvalue weighted by Crippen LogP contribution is 2.37. The van der Waals surface area contributed by atoms with E-state index in [4.69, 9.17) is 9.47 Å². The fourth-order valence-corrected chi connectivity index (χ4v) is 2.66. The summed E-state index contributed by atoms with van der Waals surface area (Å²) in [6.07, 6.45) is 2.14. The molecule has 1 spiro atoms. The van der Waals surface area contributed by atoms with Gasteiger partial charge in [-0.05, 0) is 6.42 Å². The maximum Gasteiger partial charge on any atom is 0.287 e. The van der Waals surface area contributed by atoms with Gasteiger partial charge in [-0.15, -0.1) is 0 Å². The van der Waals surface area contributed by atoms with Crippen molar-refractivity contribution in [3.05, 3.63) is 28.4 Å². The summed E-state index contributed by atoms with van der Waals surface area (Å²) in [7, 11) is 0. The molecule has 2 saturated heterocycles. The van der Waals surface area contributed by atoms with E-state index in [0.717, 1.165) is 39.3 Å². The highest BCUT2D eigenvalue weighted by atomic mass is 16.6. The van der Waals surface area contributed by atoms with Gasteiger partial charge in [0.1, 0.15) is 6.20 Å². The van der Waals surface area contributed by atoms with E-state index >= 15 is 0 Å². The highest BCUT2D eigenvalue weighted by Gasteiger charge is 2.48. The summed E-state index contributed by atoms with van der Waals surface area (Å²) in [5.74, 6) is 0.433. The second-order valence-corrected chi connectivity index (χ2v) is 5.52. The Morgan fingerprint density at radius 3 is 2.80 bits per heavy atom. The number of nitro groups is 1. The van der Waals surface area contributed by atoms with Gasteiger partial charge in [0.05, 0.1) is 24.7 Å². The minimum atomic E-state index is -0.472. The summed E-state index contributed by atoms with van der Waals surface area (Å²) in [5, 5.41) is 10.5. The molecule has 0 amide bonds. The molecule has 0 N–H and O–H groups in total. The van der Waals surface area contributed by atoms with Crippen molar-refractivity contribution in [2.45, 2.75) is 6.42 Å². The van der Waals surface area contributed by atoms with Crippen LogP contribution in [0.3, 0.4) is 0 Å². The topological polar surface area (TPSA) is 77.7 Å². The number of likely N-dealkylation sites (tertiary alicyclic amines) is 1. The monoisotopic (exact) mass is 279 g/mol. The summed E-state index contributed by atoms with van der Waals surface area (Å²) in [5.41, 5.74) is 0.437. The summed E-state index contributed by atoms with van der Waals surface area (Å²) in [4.78, 5) is 16.3. The van der Waals surface area contributed by atoms with Crippen LogP contribution >= 0.6 is 0 Å². The molecule has 108 valence electrons. The van der Waals surface area contributed by atoms with Crippen LogP contribution in [0.2, 0.25) is 0 Å². The van der Waals surface area contributed by atoms with E-state index in [1.165, 1.54) is 18.3 Å². The van der Waals surface area contributed by atoms with Crippen LogP contribution in [0.4, 0.5) is 5.69 Å². The van der Waals surface area contributed by atoms with Gasteiger partial charge in [0.15, 0.2) is 0 Å². The van der Waals surface area contributed by atoms with Crippen molar-refractivity contribution in [2.24, 2.45) is 5.41 Å². The molecule has 0 radical (unpaired) electrons. The first-order chi connectivity index (χ1) is 9.67. The largest absolute Gasteiger partial charge is 0.478 e. The van der Waals surface area contributed by atoms with Crippen LogP contribution in [-0.4, -0.2) is 54.3 Å². The molecule has 0 bridgehead atoms. The van der Waals surface area contributed by atoms with Crippen LogP contribution in [0.15, 0.2) is 18.3 Å². The molecular formula is C13H17N3O4. The van der Waals surface area contributed by atoms with Gasteiger partial charge < -0.3 is 14.4 Å². The third-order valence-electron chi connectivity index (χ3n) is 3.73. The highest BCUT2D eigenvalue weighted by molar-refractivity contribution is 5.28. The Morgan fingerprint density at radius 1 is 1.45 bits per heavy atom. The number of ether oxygens (including phenoxy) is 2. The van der Waals surface area contributed by atoms with E-state index < -0.39 is 4.92 Å². The fraction of sp³-hybridized carbons (Fsp3) is 0.615. The summed E-state index contributed by atoms with van der Waals surface area (Å²) in [6, 6.07) is 2.93. The molecule has 3 rings (SSSR count). The first-order valence-corrected chi connectivity index (χ1v) is 6.70. The Balaban J connectivity index is 1.32. The first kappa shape index (κ1) is 13.3. The SMILES string of the molecule is O=[N+]([O-])c1ccc(OCCCN2CC3(COC3)C2)nc1. The lowest BCUT2D eigenvalue weighted by Gasteiger charge is -2.55. The Morgan fingerprint density at radius 2 is 2.25 bits per heavy atom. The Labute approximate surface area is 116 Å². The van der Waals surface area contributed by atoms with Gasteiger partial charge >= 0.3 is 0 Å². The molecule has 1 aromatic heterocycles. The van der Waals surface area contributed by atoms with Gasteiger partial charge in [-0.1, -0.05) is 0 Å². The van der Waals surface area contributed by atoms with Crippen LogP contribution in [-0.2, 0) is 4.74 Å². The van der Waals surface area contributed by atoms with E-state index in [1.54, 1.807) is 0 Å². The van der Waals surface area contributed by atoms with Gasteiger partial charge in [0.2, 0.25) is 5.88 Å². The van der Waals surface area contributed by atoms with Gasteiger partial charge in [-0.25, -0.2) is 4.98 Å². The third kappa shape index (κ3) is 2.73. The minimum absolute atomic E-state index is 0.0223. The molecule has 7 heteroatoms. The lowest BCUT2D eigenvalue weighted by molar-refractivity contribution is -0.385. The van der Waals surface area contributed by atoms with Gasteiger partial charge in [-0.3, -0.25) is 10.1 Å². The zero-order valence-corrected chi connectivity index (χ0v) is 11.2. The van der Waals surface area contributed by atoms with E-state index in [0.29, 0.717) is 17.9 Å². The zero-order chi connectivity index (χ0) is 14.0. The number of rotatable bonds is 6. The minimum Gasteiger partial charge on any atom is -0.478 e. The van der Waals surface area contributed by atoms with E-state index in [-0.39, 0.29) is 5.69 Å². The van der Waals surface area contributed by atoms with Crippen LogP contribution < -0.4 is 4.74 Å². The van der Waals surface area contributed by atoms with Crippen LogP contribution in [0.25, 0.3) is 0 Å². The number of nitrogens with zero attached hydrogens (tertiary/aromatic N) is 3. The summed E-state index contributed by atoms with van der Waals surface area (Å²) >= 11 is 0. The van der Waals surface area contributed by atoms with E-state index in [2.05, 4.69) is 9.88 Å². The molecule has 0 aromatic carbocycles. The number of hydrogen-bond acceptors (Lipinski definition) is 6. The van der Waals surface area contributed by atoms with Crippen molar-refractivity contribution in [1.29, 1.82) is 0 Å². The fourth-order valence-electron chi connectivity index (χ4n) is 2.66. The van der Waals surface area contributed by atoms with Crippen molar-refractivity contribution in [3.8, 4) is 5.88 Å². The van der Waals surface area contributed by atoms with Gasteiger partial charge in [-0.2, -0.15) is 0 Å². The van der Waals surface area contributed by atoms with Gasteiger partial charge in [0.25, 0.3) is 5.69 Å². The molecular weight excluding hydrogens is 262 g/mol. The van der Waals surface area contributed by atoms with Crippen molar-refractivity contribution >= 4 is 5.69 Å². The lowest BCUT2D eigenvalue weighted by Crippen LogP contribution is -2.65. The average Bonchev–Trinajstić information content (AvgIpc) is 2.34. The first-order valence-electron chi connectivity index (χ1n) is 6.70. The average molecular weight is 279 g/mol. The Bertz CT molecular complexity index is 479. The predicted molar refractivity (Wildman–Crippen MR) is 70.7 cm³/mol. The molecule has 2 aliphatic rings. The second kappa shape index (κ2) is 5.34.